The summed E-state index contributed by atoms with van der Waals surface area (Å²) in [6.07, 6.45) is 3.73. The van der Waals surface area contributed by atoms with E-state index in [1.807, 2.05) is 12.3 Å². The van der Waals surface area contributed by atoms with Crippen LogP contribution >= 0.6 is 0 Å². The third-order valence-electron chi connectivity index (χ3n) is 2.10. The van der Waals surface area contributed by atoms with E-state index in [-0.39, 0.29) is 6.04 Å². The van der Waals surface area contributed by atoms with Crippen LogP contribution in [0, 0.1) is 6.92 Å². The van der Waals surface area contributed by atoms with E-state index in [2.05, 4.69) is 24.9 Å². The normalized spacial score (nSPS) is 12.9. The van der Waals surface area contributed by atoms with Crippen LogP contribution in [0.5, 0.6) is 0 Å². The first kappa shape index (κ1) is 9.20. The van der Waals surface area contributed by atoms with Crippen molar-refractivity contribution in [2.24, 2.45) is 5.73 Å². The van der Waals surface area contributed by atoms with Crippen LogP contribution in [0.25, 0.3) is 0 Å². The highest BCUT2D eigenvalue weighted by Crippen LogP contribution is 2.06. The Morgan fingerprint density at radius 1 is 1.58 bits per heavy atom. The van der Waals surface area contributed by atoms with E-state index in [4.69, 9.17) is 5.73 Å². The molecule has 0 bridgehead atoms. The third-order valence-corrected chi connectivity index (χ3v) is 2.10. The van der Waals surface area contributed by atoms with Crippen molar-refractivity contribution in [3.8, 4) is 0 Å². The number of rotatable bonds is 3. The Bertz CT molecular complexity index is 245. The number of hydrogen-bond donors (Lipinski definition) is 1. The standard InChI is InChI=1S/C10H16N2/c1-3-9(11)7-10-8(2)5-4-6-12-10/h4-6,9H,3,7,11H2,1-2H3. The van der Waals surface area contributed by atoms with Crippen molar-refractivity contribution in [1.82, 2.24) is 4.98 Å². The molecule has 1 atom stereocenters. The van der Waals surface area contributed by atoms with Crippen molar-refractivity contribution < 1.29 is 0 Å². The van der Waals surface area contributed by atoms with Crippen LogP contribution < -0.4 is 5.73 Å². The number of aryl methyl sites for hydroxylation is 1. The number of nitrogens with zero attached hydrogens (tertiary/aromatic N) is 1. The highest BCUT2D eigenvalue weighted by molar-refractivity contribution is 5.18. The summed E-state index contributed by atoms with van der Waals surface area (Å²) in [5, 5.41) is 0. The first-order valence-corrected chi connectivity index (χ1v) is 4.40. The first-order chi connectivity index (χ1) is 5.74. The molecule has 0 spiro atoms. The molecule has 0 amide bonds. The molecule has 0 aromatic carbocycles. The second-order valence-electron chi connectivity index (χ2n) is 3.14. The molecule has 0 fully saturated rings. The highest BCUT2D eigenvalue weighted by Gasteiger charge is 2.03. The van der Waals surface area contributed by atoms with E-state index in [9.17, 15) is 0 Å². The van der Waals surface area contributed by atoms with E-state index in [0.29, 0.717) is 0 Å². The van der Waals surface area contributed by atoms with Gasteiger partial charge in [0.05, 0.1) is 0 Å². The Kier molecular flexibility index (Phi) is 3.23. The maximum atomic E-state index is 5.83. The third kappa shape index (κ3) is 2.31. The van der Waals surface area contributed by atoms with Crippen molar-refractivity contribution in [3.63, 3.8) is 0 Å². The van der Waals surface area contributed by atoms with Crippen LogP contribution in [0.15, 0.2) is 18.3 Å². The summed E-state index contributed by atoms with van der Waals surface area (Å²) < 4.78 is 0. The summed E-state index contributed by atoms with van der Waals surface area (Å²) >= 11 is 0. The average molecular weight is 164 g/mol. The van der Waals surface area contributed by atoms with Gasteiger partial charge in [-0.3, -0.25) is 4.98 Å². The zero-order chi connectivity index (χ0) is 8.97. The van der Waals surface area contributed by atoms with Crippen LogP contribution in [0.3, 0.4) is 0 Å². The molecule has 0 radical (unpaired) electrons. The lowest BCUT2D eigenvalue weighted by Gasteiger charge is -2.09. The highest BCUT2D eigenvalue weighted by atomic mass is 14.7. The Hall–Kier alpha value is -0.890. The zero-order valence-corrected chi connectivity index (χ0v) is 7.75. The summed E-state index contributed by atoms with van der Waals surface area (Å²) in [5.41, 5.74) is 8.20. The minimum atomic E-state index is 0.249. The lowest BCUT2D eigenvalue weighted by atomic mass is 10.1. The smallest absolute Gasteiger partial charge is 0.0448 e. The molecule has 66 valence electrons. The van der Waals surface area contributed by atoms with Gasteiger partial charge in [-0.2, -0.15) is 0 Å². The predicted octanol–water partition coefficient (Wildman–Crippen LogP) is 1.67. The van der Waals surface area contributed by atoms with E-state index in [1.54, 1.807) is 0 Å². The predicted molar refractivity (Wildman–Crippen MR) is 50.9 cm³/mol. The van der Waals surface area contributed by atoms with E-state index in [1.165, 1.54) is 5.56 Å². The van der Waals surface area contributed by atoms with Crippen LogP contribution in [0.4, 0.5) is 0 Å². The maximum Gasteiger partial charge on any atom is 0.0448 e. The lowest BCUT2D eigenvalue weighted by molar-refractivity contribution is 0.634. The Morgan fingerprint density at radius 2 is 2.33 bits per heavy atom. The molecule has 1 aromatic rings. The molecular weight excluding hydrogens is 148 g/mol. The molecule has 1 aromatic heterocycles. The second kappa shape index (κ2) is 4.21. The Morgan fingerprint density at radius 3 is 2.92 bits per heavy atom. The Labute approximate surface area is 73.8 Å². The van der Waals surface area contributed by atoms with Gasteiger partial charge in [0.25, 0.3) is 0 Å². The maximum absolute atomic E-state index is 5.83. The Balaban J connectivity index is 2.69. The van der Waals surface area contributed by atoms with Crippen LogP contribution in [0.1, 0.15) is 24.6 Å². The van der Waals surface area contributed by atoms with Crippen molar-refractivity contribution in [3.05, 3.63) is 29.6 Å². The summed E-state index contributed by atoms with van der Waals surface area (Å²) in [5.74, 6) is 0. The molecule has 2 N–H and O–H groups in total. The molecule has 0 aliphatic heterocycles. The zero-order valence-electron chi connectivity index (χ0n) is 7.75. The molecule has 0 saturated carbocycles. The average Bonchev–Trinajstić information content (AvgIpc) is 2.09. The second-order valence-corrected chi connectivity index (χ2v) is 3.14. The van der Waals surface area contributed by atoms with Gasteiger partial charge < -0.3 is 5.73 Å². The summed E-state index contributed by atoms with van der Waals surface area (Å²) in [4.78, 5) is 4.29. The van der Waals surface area contributed by atoms with Gasteiger partial charge in [0.2, 0.25) is 0 Å². The number of pyridine rings is 1. The van der Waals surface area contributed by atoms with Crippen molar-refractivity contribution in [1.29, 1.82) is 0 Å². The van der Waals surface area contributed by atoms with Gasteiger partial charge in [0.1, 0.15) is 0 Å². The van der Waals surface area contributed by atoms with Gasteiger partial charge in [-0.25, -0.2) is 0 Å². The minimum Gasteiger partial charge on any atom is -0.327 e. The molecular formula is C10H16N2. The van der Waals surface area contributed by atoms with E-state index >= 15 is 0 Å². The van der Waals surface area contributed by atoms with Crippen LogP contribution in [-0.2, 0) is 6.42 Å². The molecule has 2 nitrogen and oxygen atoms in total. The molecule has 1 rings (SSSR count). The molecule has 0 aliphatic carbocycles. The van der Waals surface area contributed by atoms with Gasteiger partial charge in [-0.15, -0.1) is 0 Å². The number of hydrogen-bond acceptors (Lipinski definition) is 2. The fourth-order valence-corrected chi connectivity index (χ4v) is 1.12. The summed E-state index contributed by atoms with van der Waals surface area (Å²) in [6.45, 7) is 4.17. The summed E-state index contributed by atoms with van der Waals surface area (Å²) in [6, 6.07) is 4.28. The largest absolute Gasteiger partial charge is 0.327 e. The number of nitrogens with two attached hydrogens (primary N) is 1. The van der Waals surface area contributed by atoms with Crippen LogP contribution in [-0.4, -0.2) is 11.0 Å². The van der Waals surface area contributed by atoms with Crippen LogP contribution in [0.2, 0.25) is 0 Å². The van der Waals surface area contributed by atoms with E-state index < -0.39 is 0 Å². The molecule has 0 aliphatic rings. The monoisotopic (exact) mass is 164 g/mol. The minimum absolute atomic E-state index is 0.249. The topological polar surface area (TPSA) is 38.9 Å². The molecule has 2 heteroatoms. The van der Waals surface area contributed by atoms with Gasteiger partial charge in [0.15, 0.2) is 0 Å². The molecule has 1 unspecified atom stereocenters. The quantitative estimate of drug-likeness (QED) is 0.738. The number of aromatic nitrogens is 1. The molecule has 12 heavy (non-hydrogen) atoms. The van der Waals surface area contributed by atoms with Crippen molar-refractivity contribution in [2.45, 2.75) is 32.7 Å². The molecule has 0 saturated heterocycles. The van der Waals surface area contributed by atoms with Gasteiger partial charge in [0, 0.05) is 24.4 Å². The lowest BCUT2D eigenvalue weighted by Crippen LogP contribution is -2.22. The molecule has 1 heterocycles. The van der Waals surface area contributed by atoms with E-state index in [0.717, 1.165) is 18.5 Å². The van der Waals surface area contributed by atoms with Gasteiger partial charge in [-0.05, 0) is 25.0 Å². The first-order valence-electron chi connectivity index (χ1n) is 4.40. The van der Waals surface area contributed by atoms with Gasteiger partial charge in [-0.1, -0.05) is 13.0 Å². The fourth-order valence-electron chi connectivity index (χ4n) is 1.12. The fraction of sp³-hybridized carbons (Fsp3) is 0.500. The van der Waals surface area contributed by atoms with Crippen molar-refractivity contribution >= 4 is 0 Å². The van der Waals surface area contributed by atoms with Gasteiger partial charge >= 0.3 is 0 Å². The SMILES string of the molecule is CCC(N)Cc1ncccc1C. The van der Waals surface area contributed by atoms with Crippen molar-refractivity contribution in [2.75, 3.05) is 0 Å². The summed E-state index contributed by atoms with van der Waals surface area (Å²) in [7, 11) is 0.